The first-order valence-corrected chi connectivity index (χ1v) is 6.28. The maximum Gasteiger partial charge on any atom is 0.148 e. The molecule has 1 heterocycles. The van der Waals surface area contributed by atoms with Crippen LogP contribution in [0.4, 0.5) is 10.2 Å². The van der Waals surface area contributed by atoms with E-state index in [4.69, 9.17) is 0 Å². The average Bonchev–Trinajstić information content (AvgIpc) is 2.45. The lowest BCUT2D eigenvalue weighted by Crippen LogP contribution is -2.13. The third-order valence-electron chi connectivity index (χ3n) is 2.72. The SMILES string of the molecule is CNCCCNc1ccc(-c2ccccc2F)nn1. The van der Waals surface area contributed by atoms with Gasteiger partial charge in [0.2, 0.25) is 0 Å². The summed E-state index contributed by atoms with van der Waals surface area (Å²) in [6, 6.07) is 10.1. The quantitative estimate of drug-likeness (QED) is 0.782. The van der Waals surface area contributed by atoms with Gasteiger partial charge in [0.05, 0.1) is 5.69 Å². The van der Waals surface area contributed by atoms with Crippen LogP contribution in [0, 0.1) is 5.82 Å². The summed E-state index contributed by atoms with van der Waals surface area (Å²) in [6.07, 6.45) is 1.01. The summed E-state index contributed by atoms with van der Waals surface area (Å²) >= 11 is 0. The van der Waals surface area contributed by atoms with Crippen LogP contribution in [0.25, 0.3) is 11.3 Å². The smallest absolute Gasteiger partial charge is 0.148 e. The fraction of sp³-hybridized carbons (Fsp3) is 0.286. The van der Waals surface area contributed by atoms with E-state index in [1.165, 1.54) is 6.07 Å². The summed E-state index contributed by atoms with van der Waals surface area (Å²) < 4.78 is 13.6. The Balaban J connectivity index is 2.01. The van der Waals surface area contributed by atoms with Crippen molar-refractivity contribution in [2.24, 2.45) is 0 Å². The molecule has 4 nitrogen and oxygen atoms in total. The molecular weight excluding hydrogens is 243 g/mol. The third-order valence-corrected chi connectivity index (χ3v) is 2.72. The zero-order valence-corrected chi connectivity index (χ0v) is 10.9. The van der Waals surface area contributed by atoms with Crippen molar-refractivity contribution in [1.82, 2.24) is 15.5 Å². The molecule has 2 N–H and O–H groups in total. The maximum absolute atomic E-state index is 13.6. The minimum atomic E-state index is -0.286. The fourth-order valence-electron chi connectivity index (χ4n) is 1.72. The Morgan fingerprint density at radius 3 is 2.58 bits per heavy atom. The number of anilines is 1. The molecule has 0 radical (unpaired) electrons. The Kier molecular flexibility index (Phi) is 4.80. The van der Waals surface area contributed by atoms with Crippen LogP contribution in [0.15, 0.2) is 36.4 Å². The number of nitrogens with one attached hydrogen (secondary N) is 2. The van der Waals surface area contributed by atoms with Crippen LogP contribution < -0.4 is 10.6 Å². The van der Waals surface area contributed by atoms with Crippen LogP contribution in [-0.4, -0.2) is 30.3 Å². The van der Waals surface area contributed by atoms with Crippen molar-refractivity contribution in [3.63, 3.8) is 0 Å². The molecule has 1 aromatic heterocycles. The van der Waals surface area contributed by atoms with E-state index in [0.29, 0.717) is 17.1 Å². The topological polar surface area (TPSA) is 49.8 Å². The van der Waals surface area contributed by atoms with Crippen LogP contribution in [0.5, 0.6) is 0 Å². The Bertz CT molecular complexity index is 513. The predicted molar refractivity (Wildman–Crippen MR) is 74.5 cm³/mol. The molecule has 0 fully saturated rings. The molecule has 1 aromatic carbocycles. The average molecular weight is 260 g/mol. The van der Waals surface area contributed by atoms with Crippen molar-refractivity contribution in [3.8, 4) is 11.3 Å². The van der Waals surface area contributed by atoms with Crippen LogP contribution >= 0.6 is 0 Å². The number of rotatable bonds is 6. The monoisotopic (exact) mass is 260 g/mol. The first kappa shape index (κ1) is 13.4. The van der Waals surface area contributed by atoms with Gasteiger partial charge >= 0.3 is 0 Å². The van der Waals surface area contributed by atoms with E-state index in [1.807, 2.05) is 13.1 Å². The van der Waals surface area contributed by atoms with Gasteiger partial charge < -0.3 is 10.6 Å². The molecule has 0 aliphatic carbocycles. The molecule has 2 aromatic rings. The molecule has 100 valence electrons. The van der Waals surface area contributed by atoms with E-state index in [0.717, 1.165) is 19.5 Å². The Morgan fingerprint density at radius 1 is 1.05 bits per heavy atom. The molecular formula is C14H17FN4. The summed E-state index contributed by atoms with van der Waals surface area (Å²) in [5, 5.41) is 14.3. The highest BCUT2D eigenvalue weighted by Gasteiger charge is 2.05. The molecule has 2 rings (SSSR count). The van der Waals surface area contributed by atoms with E-state index in [9.17, 15) is 4.39 Å². The standard InChI is InChI=1S/C14H17FN4/c1-16-9-4-10-17-14-8-7-13(18-19-14)11-5-2-3-6-12(11)15/h2-3,5-8,16H,4,9-10H2,1H3,(H,17,19). The minimum Gasteiger partial charge on any atom is -0.369 e. The third kappa shape index (κ3) is 3.72. The number of benzene rings is 1. The van der Waals surface area contributed by atoms with Crippen molar-refractivity contribution in [3.05, 3.63) is 42.2 Å². The van der Waals surface area contributed by atoms with Gasteiger partial charge in [-0.2, -0.15) is 0 Å². The molecule has 0 bridgehead atoms. The second-order valence-electron chi connectivity index (χ2n) is 4.17. The lowest BCUT2D eigenvalue weighted by Gasteiger charge is -2.06. The number of halogens is 1. The fourth-order valence-corrected chi connectivity index (χ4v) is 1.72. The van der Waals surface area contributed by atoms with Crippen LogP contribution in [-0.2, 0) is 0 Å². The van der Waals surface area contributed by atoms with Gasteiger partial charge in [-0.05, 0) is 44.3 Å². The van der Waals surface area contributed by atoms with E-state index in [1.54, 1.807) is 24.3 Å². The number of aromatic nitrogens is 2. The summed E-state index contributed by atoms with van der Waals surface area (Å²) in [5.74, 6) is 0.419. The Morgan fingerprint density at radius 2 is 1.89 bits per heavy atom. The van der Waals surface area contributed by atoms with E-state index in [-0.39, 0.29) is 5.82 Å². The van der Waals surface area contributed by atoms with Gasteiger partial charge in [-0.1, -0.05) is 12.1 Å². The first-order valence-electron chi connectivity index (χ1n) is 6.28. The lowest BCUT2D eigenvalue weighted by molar-refractivity contribution is 0.630. The van der Waals surface area contributed by atoms with Crippen molar-refractivity contribution in [2.75, 3.05) is 25.5 Å². The van der Waals surface area contributed by atoms with Gasteiger partial charge in [0.1, 0.15) is 11.6 Å². The summed E-state index contributed by atoms with van der Waals surface area (Å²) in [7, 11) is 1.92. The largest absolute Gasteiger partial charge is 0.369 e. The molecule has 0 unspecified atom stereocenters. The molecule has 0 amide bonds. The highest BCUT2D eigenvalue weighted by molar-refractivity contribution is 5.60. The minimum absolute atomic E-state index is 0.286. The van der Waals surface area contributed by atoms with Gasteiger partial charge in [0.15, 0.2) is 0 Å². The normalized spacial score (nSPS) is 10.4. The van der Waals surface area contributed by atoms with Crippen molar-refractivity contribution >= 4 is 5.82 Å². The molecule has 0 aliphatic heterocycles. The summed E-state index contributed by atoms with van der Waals surface area (Å²) in [4.78, 5) is 0. The van der Waals surface area contributed by atoms with Gasteiger partial charge in [-0.15, -0.1) is 10.2 Å². The van der Waals surface area contributed by atoms with E-state index >= 15 is 0 Å². The van der Waals surface area contributed by atoms with Gasteiger partial charge in [0.25, 0.3) is 0 Å². The van der Waals surface area contributed by atoms with Crippen LogP contribution in [0.1, 0.15) is 6.42 Å². The van der Waals surface area contributed by atoms with Crippen molar-refractivity contribution in [2.45, 2.75) is 6.42 Å². The lowest BCUT2D eigenvalue weighted by atomic mass is 10.1. The molecule has 0 spiro atoms. The number of hydrogen-bond donors (Lipinski definition) is 2. The molecule has 19 heavy (non-hydrogen) atoms. The Labute approximate surface area is 112 Å². The zero-order chi connectivity index (χ0) is 13.5. The van der Waals surface area contributed by atoms with Gasteiger partial charge in [-0.25, -0.2) is 4.39 Å². The summed E-state index contributed by atoms with van der Waals surface area (Å²) in [6.45, 7) is 1.78. The van der Waals surface area contributed by atoms with Crippen molar-refractivity contribution in [1.29, 1.82) is 0 Å². The highest BCUT2D eigenvalue weighted by atomic mass is 19.1. The van der Waals surface area contributed by atoms with E-state index < -0.39 is 0 Å². The maximum atomic E-state index is 13.6. The van der Waals surface area contributed by atoms with Gasteiger partial charge in [0, 0.05) is 12.1 Å². The predicted octanol–water partition coefficient (Wildman–Crippen LogP) is 2.30. The molecule has 0 saturated carbocycles. The molecule has 0 atom stereocenters. The van der Waals surface area contributed by atoms with Crippen LogP contribution in [0.2, 0.25) is 0 Å². The number of nitrogens with zero attached hydrogens (tertiary/aromatic N) is 2. The second kappa shape index (κ2) is 6.80. The molecule has 0 saturated heterocycles. The zero-order valence-electron chi connectivity index (χ0n) is 10.9. The summed E-state index contributed by atoms with van der Waals surface area (Å²) in [5.41, 5.74) is 1.01. The molecule has 0 aliphatic rings. The molecule has 5 heteroatoms. The van der Waals surface area contributed by atoms with Crippen LogP contribution in [0.3, 0.4) is 0 Å². The van der Waals surface area contributed by atoms with E-state index in [2.05, 4.69) is 20.8 Å². The van der Waals surface area contributed by atoms with Crippen molar-refractivity contribution < 1.29 is 4.39 Å². The second-order valence-corrected chi connectivity index (χ2v) is 4.17. The number of hydrogen-bond acceptors (Lipinski definition) is 4. The Hall–Kier alpha value is -2.01. The van der Waals surface area contributed by atoms with Gasteiger partial charge in [-0.3, -0.25) is 0 Å². The highest BCUT2D eigenvalue weighted by Crippen LogP contribution is 2.20. The first-order chi connectivity index (χ1) is 9.31.